The number of para-hydroxylation sites is 1. The molecular formula is C13H13N3O2. The van der Waals surface area contributed by atoms with Crippen LogP contribution in [0.5, 0.6) is 0 Å². The van der Waals surface area contributed by atoms with Crippen LogP contribution >= 0.6 is 0 Å². The Kier molecular flexibility index (Phi) is 3.52. The van der Waals surface area contributed by atoms with Crippen LogP contribution in [0.3, 0.4) is 0 Å². The van der Waals surface area contributed by atoms with E-state index in [0.29, 0.717) is 5.82 Å². The Morgan fingerprint density at radius 1 is 1.22 bits per heavy atom. The Bertz CT molecular complexity index is 552. The van der Waals surface area contributed by atoms with Gasteiger partial charge in [0.1, 0.15) is 5.82 Å². The topological polar surface area (TPSA) is 64.1 Å². The maximum atomic E-state index is 11.2. The highest BCUT2D eigenvalue weighted by atomic mass is 16.5. The number of carbonyl (C=O) groups is 1. The van der Waals surface area contributed by atoms with Crippen LogP contribution in [-0.2, 0) is 4.74 Å². The second-order valence-electron chi connectivity index (χ2n) is 3.72. The molecule has 2 aromatic rings. The molecule has 1 aromatic carbocycles. The van der Waals surface area contributed by atoms with Gasteiger partial charge >= 0.3 is 5.97 Å². The van der Waals surface area contributed by atoms with Crippen molar-refractivity contribution in [3.05, 3.63) is 47.9 Å². The van der Waals surface area contributed by atoms with Gasteiger partial charge in [-0.2, -0.15) is 0 Å². The summed E-state index contributed by atoms with van der Waals surface area (Å²) in [7, 11) is 1.31. The zero-order valence-corrected chi connectivity index (χ0v) is 10.2. The van der Waals surface area contributed by atoms with Crippen LogP contribution in [0.4, 0.5) is 11.5 Å². The molecule has 18 heavy (non-hydrogen) atoms. The van der Waals surface area contributed by atoms with Crippen LogP contribution in [0.2, 0.25) is 0 Å². The number of benzene rings is 1. The summed E-state index contributed by atoms with van der Waals surface area (Å²) in [6.07, 6.45) is 2.88. The van der Waals surface area contributed by atoms with E-state index >= 15 is 0 Å². The zero-order chi connectivity index (χ0) is 13.0. The van der Waals surface area contributed by atoms with Crippen molar-refractivity contribution in [2.75, 3.05) is 12.4 Å². The van der Waals surface area contributed by atoms with Crippen molar-refractivity contribution in [1.82, 2.24) is 9.97 Å². The summed E-state index contributed by atoms with van der Waals surface area (Å²) in [4.78, 5) is 19.3. The van der Waals surface area contributed by atoms with Gasteiger partial charge in [-0.1, -0.05) is 18.2 Å². The smallest absolute Gasteiger partial charge is 0.358 e. The third-order valence-corrected chi connectivity index (χ3v) is 2.45. The summed E-state index contributed by atoms with van der Waals surface area (Å²) in [5, 5.41) is 3.13. The molecule has 0 aliphatic rings. The molecule has 0 atom stereocenters. The minimum absolute atomic E-state index is 0.188. The molecule has 5 nitrogen and oxygen atoms in total. The molecule has 0 aliphatic heterocycles. The summed E-state index contributed by atoms with van der Waals surface area (Å²) in [5.41, 5.74) is 2.25. The van der Waals surface area contributed by atoms with Crippen LogP contribution in [0, 0.1) is 6.92 Å². The fourth-order valence-corrected chi connectivity index (χ4v) is 1.45. The largest absolute Gasteiger partial charge is 0.464 e. The van der Waals surface area contributed by atoms with Crippen LogP contribution in [-0.4, -0.2) is 23.0 Å². The molecule has 0 aliphatic carbocycles. The lowest BCUT2D eigenvalue weighted by Gasteiger charge is -2.08. The van der Waals surface area contributed by atoms with E-state index in [0.717, 1.165) is 11.3 Å². The van der Waals surface area contributed by atoms with Gasteiger partial charge in [0, 0.05) is 5.69 Å². The molecule has 1 heterocycles. The number of nitrogens with zero attached hydrogens (tertiary/aromatic N) is 2. The second kappa shape index (κ2) is 5.27. The third kappa shape index (κ3) is 2.63. The molecule has 2 rings (SSSR count). The summed E-state index contributed by atoms with van der Waals surface area (Å²) >= 11 is 0. The molecule has 92 valence electrons. The van der Waals surface area contributed by atoms with Crippen molar-refractivity contribution >= 4 is 17.5 Å². The Morgan fingerprint density at radius 2 is 2.00 bits per heavy atom. The van der Waals surface area contributed by atoms with E-state index in [2.05, 4.69) is 20.0 Å². The first-order valence-corrected chi connectivity index (χ1v) is 5.43. The standard InChI is InChI=1S/C13H13N3O2/c1-9-5-3-4-6-10(9)16-12-8-14-11(7-15-12)13(17)18-2/h3-8H,1-2H3,(H,15,16). The number of methoxy groups -OCH3 is 1. The number of anilines is 2. The lowest BCUT2D eigenvalue weighted by molar-refractivity contribution is 0.0593. The van der Waals surface area contributed by atoms with E-state index in [1.807, 2.05) is 31.2 Å². The number of hydrogen-bond acceptors (Lipinski definition) is 5. The van der Waals surface area contributed by atoms with E-state index in [1.165, 1.54) is 19.5 Å². The molecule has 5 heteroatoms. The van der Waals surface area contributed by atoms with Crippen LogP contribution < -0.4 is 5.32 Å². The number of rotatable bonds is 3. The van der Waals surface area contributed by atoms with Gasteiger partial charge in [0.2, 0.25) is 0 Å². The van der Waals surface area contributed by atoms with Gasteiger partial charge < -0.3 is 10.1 Å². The molecule has 0 radical (unpaired) electrons. The molecule has 1 aromatic heterocycles. The fourth-order valence-electron chi connectivity index (χ4n) is 1.45. The van der Waals surface area contributed by atoms with E-state index < -0.39 is 5.97 Å². The summed E-state index contributed by atoms with van der Waals surface area (Å²) in [5.74, 6) is 0.0851. The quantitative estimate of drug-likeness (QED) is 0.838. The Balaban J connectivity index is 2.16. The number of carbonyl (C=O) groups excluding carboxylic acids is 1. The number of ether oxygens (including phenoxy) is 1. The lowest BCUT2D eigenvalue weighted by Crippen LogP contribution is -2.05. The first-order valence-electron chi connectivity index (χ1n) is 5.43. The van der Waals surface area contributed by atoms with Crippen molar-refractivity contribution < 1.29 is 9.53 Å². The van der Waals surface area contributed by atoms with Crippen molar-refractivity contribution in [3.63, 3.8) is 0 Å². The van der Waals surface area contributed by atoms with Gasteiger partial charge in [0.25, 0.3) is 0 Å². The van der Waals surface area contributed by atoms with Gasteiger partial charge in [-0.05, 0) is 18.6 Å². The molecule has 0 saturated heterocycles. The summed E-state index contributed by atoms with van der Waals surface area (Å²) in [6, 6.07) is 7.85. The molecule has 0 saturated carbocycles. The van der Waals surface area contributed by atoms with Crippen molar-refractivity contribution in [2.24, 2.45) is 0 Å². The fraction of sp³-hybridized carbons (Fsp3) is 0.154. The molecule has 0 unspecified atom stereocenters. The molecule has 0 fully saturated rings. The predicted molar refractivity (Wildman–Crippen MR) is 67.8 cm³/mol. The van der Waals surface area contributed by atoms with E-state index in [9.17, 15) is 4.79 Å². The first-order chi connectivity index (χ1) is 8.70. The maximum Gasteiger partial charge on any atom is 0.358 e. The summed E-state index contributed by atoms with van der Waals surface area (Å²) < 4.78 is 4.55. The second-order valence-corrected chi connectivity index (χ2v) is 3.72. The molecule has 0 bridgehead atoms. The number of aromatic nitrogens is 2. The SMILES string of the molecule is COC(=O)c1cnc(Nc2ccccc2C)cn1. The van der Waals surface area contributed by atoms with Crippen molar-refractivity contribution in [1.29, 1.82) is 0 Å². The molecular weight excluding hydrogens is 230 g/mol. The highest BCUT2D eigenvalue weighted by molar-refractivity contribution is 5.86. The zero-order valence-electron chi connectivity index (χ0n) is 10.2. The normalized spacial score (nSPS) is 9.89. The molecule has 1 N–H and O–H groups in total. The van der Waals surface area contributed by atoms with Gasteiger partial charge in [-0.3, -0.25) is 0 Å². The van der Waals surface area contributed by atoms with E-state index in [1.54, 1.807) is 0 Å². The minimum Gasteiger partial charge on any atom is -0.464 e. The third-order valence-electron chi connectivity index (χ3n) is 2.45. The number of aryl methyl sites for hydroxylation is 1. The lowest BCUT2D eigenvalue weighted by atomic mass is 10.2. The molecule has 0 amide bonds. The first kappa shape index (κ1) is 12.0. The Hall–Kier alpha value is -2.43. The Labute approximate surface area is 105 Å². The van der Waals surface area contributed by atoms with E-state index in [4.69, 9.17) is 0 Å². The minimum atomic E-state index is -0.495. The monoisotopic (exact) mass is 243 g/mol. The van der Waals surface area contributed by atoms with Gasteiger partial charge in [0.05, 0.1) is 19.5 Å². The highest BCUT2D eigenvalue weighted by Crippen LogP contribution is 2.17. The van der Waals surface area contributed by atoms with Gasteiger partial charge in [-0.25, -0.2) is 14.8 Å². The van der Waals surface area contributed by atoms with Crippen LogP contribution in [0.15, 0.2) is 36.7 Å². The molecule has 0 spiro atoms. The maximum absolute atomic E-state index is 11.2. The highest BCUT2D eigenvalue weighted by Gasteiger charge is 2.07. The average molecular weight is 243 g/mol. The van der Waals surface area contributed by atoms with Crippen molar-refractivity contribution in [2.45, 2.75) is 6.92 Å². The van der Waals surface area contributed by atoms with E-state index in [-0.39, 0.29) is 5.69 Å². The van der Waals surface area contributed by atoms with Crippen LogP contribution in [0.25, 0.3) is 0 Å². The predicted octanol–water partition coefficient (Wildman–Crippen LogP) is 2.32. The number of esters is 1. The Morgan fingerprint density at radius 3 is 2.61 bits per heavy atom. The van der Waals surface area contributed by atoms with Crippen molar-refractivity contribution in [3.8, 4) is 0 Å². The van der Waals surface area contributed by atoms with Gasteiger partial charge in [-0.15, -0.1) is 0 Å². The number of hydrogen-bond donors (Lipinski definition) is 1. The number of nitrogens with one attached hydrogen (secondary N) is 1. The van der Waals surface area contributed by atoms with Crippen LogP contribution in [0.1, 0.15) is 16.1 Å². The van der Waals surface area contributed by atoms with Gasteiger partial charge in [0.15, 0.2) is 5.69 Å². The summed E-state index contributed by atoms with van der Waals surface area (Å²) in [6.45, 7) is 2.00. The average Bonchev–Trinajstić information content (AvgIpc) is 2.41.